The standard InChI is InChI=1S/C23H26FN3O2/c1-25-21-11-12-26(13-18-7-9-19(24)10-8-18)15-20(21)23(29)27(16-22(25)28)14-17-5-3-2-4-6-17/h2-10,20-21H,11-16H2,1H3/t20-,21+/m0/s1. The molecule has 2 aliphatic heterocycles. The summed E-state index contributed by atoms with van der Waals surface area (Å²) in [5.74, 6) is -0.457. The molecule has 2 aliphatic rings. The molecule has 0 N–H and O–H groups in total. The topological polar surface area (TPSA) is 43.9 Å². The van der Waals surface area contributed by atoms with E-state index in [1.807, 2.05) is 37.4 Å². The number of nitrogens with zero attached hydrogens (tertiary/aromatic N) is 3. The number of fused-ring (bicyclic) bond motifs is 1. The lowest BCUT2D eigenvalue weighted by atomic mass is 9.90. The number of halogens is 1. The Bertz CT molecular complexity index is 871. The largest absolute Gasteiger partial charge is 0.340 e. The Morgan fingerprint density at radius 1 is 0.966 bits per heavy atom. The molecule has 6 heteroatoms. The zero-order valence-electron chi connectivity index (χ0n) is 16.6. The van der Waals surface area contributed by atoms with Crippen LogP contribution < -0.4 is 0 Å². The number of benzene rings is 2. The third-order valence-corrected chi connectivity index (χ3v) is 6.04. The van der Waals surface area contributed by atoms with Crippen molar-refractivity contribution in [1.29, 1.82) is 0 Å². The van der Waals surface area contributed by atoms with Crippen molar-refractivity contribution < 1.29 is 14.0 Å². The number of hydrogen-bond donors (Lipinski definition) is 0. The van der Waals surface area contributed by atoms with Crippen molar-refractivity contribution in [1.82, 2.24) is 14.7 Å². The average molecular weight is 395 g/mol. The van der Waals surface area contributed by atoms with Gasteiger partial charge in [0.2, 0.25) is 11.8 Å². The first-order valence-corrected chi connectivity index (χ1v) is 10.1. The van der Waals surface area contributed by atoms with Crippen molar-refractivity contribution in [2.45, 2.75) is 25.6 Å². The molecule has 2 aromatic carbocycles. The van der Waals surface area contributed by atoms with E-state index in [-0.39, 0.29) is 36.1 Å². The summed E-state index contributed by atoms with van der Waals surface area (Å²) in [6, 6.07) is 16.2. The van der Waals surface area contributed by atoms with Crippen LogP contribution in [0.5, 0.6) is 0 Å². The zero-order valence-corrected chi connectivity index (χ0v) is 16.6. The first-order valence-electron chi connectivity index (χ1n) is 10.1. The van der Waals surface area contributed by atoms with Crippen LogP contribution >= 0.6 is 0 Å². The molecule has 2 amide bonds. The number of carbonyl (C=O) groups excluding carboxylic acids is 2. The van der Waals surface area contributed by atoms with Crippen molar-refractivity contribution in [2.75, 3.05) is 26.7 Å². The Kier molecular flexibility index (Phi) is 5.62. The van der Waals surface area contributed by atoms with Gasteiger partial charge >= 0.3 is 0 Å². The summed E-state index contributed by atoms with van der Waals surface area (Å²) in [7, 11) is 1.81. The highest BCUT2D eigenvalue weighted by Crippen LogP contribution is 2.28. The van der Waals surface area contributed by atoms with Gasteiger partial charge in [0.05, 0.1) is 5.92 Å². The molecule has 2 aromatic rings. The molecule has 0 aromatic heterocycles. The van der Waals surface area contributed by atoms with E-state index in [1.54, 1.807) is 21.9 Å². The SMILES string of the molecule is CN1C(=O)CN(Cc2ccccc2)C(=O)[C@H]2CN(Cc3ccc(F)cc3)CC[C@H]21. The fourth-order valence-corrected chi connectivity index (χ4v) is 4.41. The smallest absolute Gasteiger partial charge is 0.242 e. The average Bonchev–Trinajstić information content (AvgIpc) is 2.82. The van der Waals surface area contributed by atoms with Crippen LogP contribution in [0.3, 0.4) is 0 Å². The number of hydrogen-bond acceptors (Lipinski definition) is 3. The summed E-state index contributed by atoms with van der Waals surface area (Å²) < 4.78 is 13.2. The molecule has 29 heavy (non-hydrogen) atoms. The number of carbonyl (C=O) groups is 2. The minimum Gasteiger partial charge on any atom is -0.340 e. The molecule has 4 rings (SSSR count). The highest BCUT2D eigenvalue weighted by molar-refractivity contribution is 5.89. The van der Waals surface area contributed by atoms with Gasteiger partial charge in [0, 0.05) is 39.3 Å². The van der Waals surface area contributed by atoms with Crippen molar-refractivity contribution in [3.05, 3.63) is 71.5 Å². The van der Waals surface area contributed by atoms with Crippen LogP contribution in [-0.4, -0.2) is 59.2 Å². The zero-order chi connectivity index (χ0) is 20.4. The number of piperidine rings is 1. The second-order valence-electron chi connectivity index (χ2n) is 8.01. The van der Waals surface area contributed by atoms with Gasteiger partial charge in [-0.25, -0.2) is 4.39 Å². The van der Waals surface area contributed by atoms with Crippen LogP contribution in [0.25, 0.3) is 0 Å². The van der Waals surface area contributed by atoms with Crippen LogP contribution in [0.2, 0.25) is 0 Å². The maximum Gasteiger partial charge on any atom is 0.242 e. The second kappa shape index (κ2) is 8.33. The van der Waals surface area contributed by atoms with Gasteiger partial charge in [0.25, 0.3) is 0 Å². The Hall–Kier alpha value is -2.73. The molecule has 0 unspecified atom stereocenters. The fraction of sp³-hybridized carbons (Fsp3) is 0.391. The highest BCUT2D eigenvalue weighted by Gasteiger charge is 2.43. The van der Waals surface area contributed by atoms with Crippen molar-refractivity contribution in [3.8, 4) is 0 Å². The molecule has 0 saturated carbocycles. The first kappa shape index (κ1) is 19.6. The quantitative estimate of drug-likeness (QED) is 0.799. The lowest BCUT2D eigenvalue weighted by Crippen LogP contribution is -2.53. The van der Waals surface area contributed by atoms with Gasteiger partial charge in [-0.15, -0.1) is 0 Å². The van der Waals surface area contributed by atoms with Crippen LogP contribution in [0.15, 0.2) is 54.6 Å². The van der Waals surface area contributed by atoms with E-state index < -0.39 is 0 Å². The molecule has 0 aliphatic carbocycles. The van der Waals surface area contributed by atoms with E-state index in [4.69, 9.17) is 0 Å². The molecule has 5 nitrogen and oxygen atoms in total. The minimum atomic E-state index is -0.247. The van der Waals surface area contributed by atoms with Crippen LogP contribution in [0, 0.1) is 11.7 Å². The second-order valence-corrected chi connectivity index (χ2v) is 8.01. The number of likely N-dealkylation sites (tertiary alicyclic amines) is 1. The monoisotopic (exact) mass is 395 g/mol. The third-order valence-electron chi connectivity index (χ3n) is 6.04. The predicted octanol–water partition coefficient (Wildman–Crippen LogP) is 2.52. The molecule has 0 spiro atoms. The third kappa shape index (κ3) is 4.32. The summed E-state index contributed by atoms with van der Waals surface area (Å²) in [5.41, 5.74) is 2.05. The summed E-state index contributed by atoms with van der Waals surface area (Å²) in [4.78, 5) is 31.8. The Morgan fingerprint density at radius 3 is 2.38 bits per heavy atom. The van der Waals surface area contributed by atoms with Gasteiger partial charge in [-0.3, -0.25) is 14.5 Å². The molecule has 2 saturated heterocycles. The van der Waals surface area contributed by atoms with Crippen LogP contribution in [-0.2, 0) is 22.7 Å². The summed E-state index contributed by atoms with van der Waals surface area (Å²) in [5, 5.41) is 0. The molecule has 2 heterocycles. The molecular weight excluding hydrogens is 369 g/mol. The predicted molar refractivity (Wildman–Crippen MR) is 108 cm³/mol. The lowest BCUT2D eigenvalue weighted by Gasteiger charge is -2.40. The van der Waals surface area contributed by atoms with E-state index in [1.165, 1.54) is 12.1 Å². The van der Waals surface area contributed by atoms with E-state index in [9.17, 15) is 14.0 Å². The summed E-state index contributed by atoms with van der Waals surface area (Å²) in [6.45, 7) is 2.65. The van der Waals surface area contributed by atoms with Gasteiger partial charge in [0.15, 0.2) is 0 Å². The van der Waals surface area contributed by atoms with E-state index in [0.29, 0.717) is 19.6 Å². The van der Waals surface area contributed by atoms with E-state index in [0.717, 1.165) is 24.1 Å². The molecule has 152 valence electrons. The van der Waals surface area contributed by atoms with E-state index in [2.05, 4.69) is 4.90 Å². The molecule has 0 bridgehead atoms. The van der Waals surface area contributed by atoms with Crippen LogP contribution in [0.1, 0.15) is 17.5 Å². The number of likely N-dealkylation sites (N-methyl/N-ethyl adjacent to an activating group) is 1. The van der Waals surface area contributed by atoms with Gasteiger partial charge < -0.3 is 9.80 Å². The normalized spacial score (nSPS) is 23.1. The Morgan fingerprint density at radius 2 is 1.66 bits per heavy atom. The van der Waals surface area contributed by atoms with E-state index >= 15 is 0 Å². The van der Waals surface area contributed by atoms with Crippen molar-refractivity contribution in [2.24, 2.45) is 5.92 Å². The van der Waals surface area contributed by atoms with Gasteiger partial charge in [-0.1, -0.05) is 42.5 Å². The number of amides is 2. The lowest BCUT2D eigenvalue weighted by molar-refractivity contribution is -0.138. The molecule has 2 atom stereocenters. The van der Waals surface area contributed by atoms with Crippen molar-refractivity contribution in [3.63, 3.8) is 0 Å². The van der Waals surface area contributed by atoms with Crippen LogP contribution in [0.4, 0.5) is 4.39 Å². The highest BCUT2D eigenvalue weighted by atomic mass is 19.1. The minimum absolute atomic E-state index is 0.00577. The van der Waals surface area contributed by atoms with Gasteiger partial charge in [0.1, 0.15) is 12.4 Å². The first-order chi connectivity index (χ1) is 14.0. The van der Waals surface area contributed by atoms with Crippen molar-refractivity contribution >= 4 is 11.8 Å². The van der Waals surface area contributed by atoms with Gasteiger partial charge in [-0.2, -0.15) is 0 Å². The molecule has 2 fully saturated rings. The van der Waals surface area contributed by atoms with Gasteiger partial charge in [-0.05, 0) is 29.7 Å². The molecule has 0 radical (unpaired) electrons. The maximum absolute atomic E-state index is 13.4. The Balaban J connectivity index is 1.52. The molecular formula is C23H26FN3O2. The summed E-state index contributed by atoms with van der Waals surface area (Å²) >= 11 is 0. The maximum atomic E-state index is 13.4. The summed E-state index contributed by atoms with van der Waals surface area (Å²) in [6.07, 6.45) is 0.763. The Labute approximate surface area is 170 Å². The number of rotatable bonds is 4. The fourth-order valence-electron chi connectivity index (χ4n) is 4.41.